The normalized spacial score (nSPS) is 16.7. The van der Waals surface area contributed by atoms with Gasteiger partial charge in [0.1, 0.15) is 6.04 Å². The predicted molar refractivity (Wildman–Crippen MR) is 106 cm³/mol. The standard InChI is InChI=1S/C19H19BrN2O2S/c1-13-4-2-7-16(8-13)21-19(24)17-11-25-12-22(17)18(23)10-14-5-3-6-15(20)9-14/h2-9,17H,10-12H2,1H3,(H,21,24). The Morgan fingerprint density at radius 1 is 1.24 bits per heavy atom. The summed E-state index contributed by atoms with van der Waals surface area (Å²) in [6.07, 6.45) is 0.300. The Hall–Kier alpha value is -1.79. The Bertz CT molecular complexity index is 731. The average molecular weight is 419 g/mol. The number of nitrogens with zero attached hydrogens (tertiary/aromatic N) is 1. The summed E-state index contributed by atoms with van der Waals surface area (Å²) < 4.78 is 0.947. The molecule has 1 N–H and O–H groups in total. The predicted octanol–water partition coefficient (Wildman–Crippen LogP) is 3.84. The third-order valence-electron chi connectivity index (χ3n) is 4.04. The topological polar surface area (TPSA) is 49.4 Å². The Labute approximate surface area is 160 Å². The van der Waals surface area contributed by atoms with E-state index in [-0.39, 0.29) is 11.8 Å². The zero-order valence-corrected chi connectivity index (χ0v) is 16.3. The van der Waals surface area contributed by atoms with Crippen LogP contribution in [0.1, 0.15) is 11.1 Å². The van der Waals surface area contributed by atoms with Gasteiger partial charge in [-0.1, -0.05) is 40.2 Å². The third kappa shape index (κ3) is 4.64. The van der Waals surface area contributed by atoms with Crippen LogP contribution in [0.25, 0.3) is 0 Å². The van der Waals surface area contributed by atoms with Gasteiger partial charge in [-0.3, -0.25) is 9.59 Å². The Kier molecular flexibility index (Phi) is 5.81. The van der Waals surface area contributed by atoms with E-state index in [9.17, 15) is 9.59 Å². The minimum Gasteiger partial charge on any atom is -0.324 e. The smallest absolute Gasteiger partial charge is 0.248 e. The average Bonchev–Trinajstić information content (AvgIpc) is 3.04. The van der Waals surface area contributed by atoms with Gasteiger partial charge in [0.25, 0.3) is 0 Å². The monoisotopic (exact) mass is 418 g/mol. The van der Waals surface area contributed by atoms with Gasteiger partial charge >= 0.3 is 0 Å². The number of hydrogen-bond acceptors (Lipinski definition) is 3. The number of carbonyl (C=O) groups is 2. The molecule has 1 atom stereocenters. The van der Waals surface area contributed by atoms with Crippen molar-refractivity contribution in [3.05, 3.63) is 64.1 Å². The van der Waals surface area contributed by atoms with E-state index in [1.54, 1.807) is 16.7 Å². The lowest BCUT2D eigenvalue weighted by Crippen LogP contribution is -2.45. The van der Waals surface area contributed by atoms with Crippen LogP contribution in [0.3, 0.4) is 0 Å². The molecule has 1 aliphatic rings. The van der Waals surface area contributed by atoms with Crippen molar-refractivity contribution in [2.75, 3.05) is 16.9 Å². The first-order valence-electron chi connectivity index (χ1n) is 8.02. The number of carbonyl (C=O) groups excluding carboxylic acids is 2. The number of thioether (sulfide) groups is 1. The fraction of sp³-hybridized carbons (Fsp3) is 0.263. The lowest BCUT2D eigenvalue weighted by atomic mass is 10.1. The van der Waals surface area contributed by atoms with E-state index in [1.165, 1.54) is 0 Å². The molecule has 25 heavy (non-hydrogen) atoms. The van der Waals surface area contributed by atoms with Crippen LogP contribution in [0.5, 0.6) is 0 Å². The number of rotatable bonds is 4. The molecule has 2 aromatic carbocycles. The van der Waals surface area contributed by atoms with Gasteiger partial charge in [-0.05, 0) is 42.3 Å². The van der Waals surface area contributed by atoms with E-state index in [4.69, 9.17) is 0 Å². The zero-order valence-electron chi connectivity index (χ0n) is 13.9. The van der Waals surface area contributed by atoms with Crippen LogP contribution in [-0.2, 0) is 16.0 Å². The number of halogens is 1. The van der Waals surface area contributed by atoms with Gasteiger partial charge in [-0.2, -0.15) is 0 Å². The van der Waals surface area contributed by atoms with E-state index >= 15 is 0 Å². The maximum absolute atomic E-state index is 12.7. The van der Waals surface area contributed by atoms with Crippen molar-refractivity contribution in [1.29, 1.82) is 0 Å². The van der Waals surface area contributed by atoms with Gasteiger partial charge in [0, 0.05) is 15.9 Å². The number of nitrogens with one attached hydrogen (secondary N) is 1. The highest BCUT2D eigenvalue weighted by molar-refractivity contribution is 9.10. The summed E-state index contributed by atoms with van der Waals surface area (Å²) in [5.74, 6) is 1.03. The van der Waals surface area contributed by atoms with Crippen LogP contribution in [-0.4, -0.2) is 34.4 Å². The Balaban J connectivity index is 1.67. The van der Waals surface area contributed by atoms with Crippen molar-refractivity contribution in [2.24, 2.45) is 0 Å². The molecular weight excluding hydrogens is 400 g/mol. The van der Waals surface area contributed by atoms with E-state index in [1.807, 2.05) is 55.5 Å². The summed E-state index contributed by atoms with van der Waals surface area (Å²) in [4.78, 5) is 27.0. The summed E-state index contributed by atoms with van der Waals surface area (Å²) in [5, 5.41) is 2.93. The van der Waals surface area contributed by atoms with Gasteiger partial charge in [0.15, 0.2) is 0 Å². The molecule has 0 spiro atoms. The molecule has 4 nitrogen and oxygen atoms in total. The van der Waals surface area contributed by atoms with Crippen LogP contribution in [0.15, 0.2) is 53.0 Å². The Morgan fingerprint density at radius 2 is 2.04 bits per heavy atom. The van der Waals surface area contributed by atoms with Gasteiger partial charge in [-0.15, -0.1) is 11.8 Å². The molecule has 2 amide bonds. The second-order valence-corrected chi connectivity index (χ2v) is 7.96. The molecule has 0 radical (unpaired) electrons. The van der Waals surface area contributed by atoms with Crippen molar-refractivity contribution in [2.45, 2.75) is 19.4 Å². The van der Waals surface area contributed by atoms with Gasteiger partial charge in [-0.25, -0.2) is 0 Å². The van der Waals surface area contributed by atoms with Crippen molar-refractivity contribution in [3.8, 4) is 0 Å². The summed E-state index contributed by atoms with van der Waals surface area (Å²) in [6.45, 7) is 1.98. The van der Waals surface area contributed by atoms with Gasteiger partial charge < -0.3 is 10.2 Å². The molecule has 1 fully saturated rings. The van der Waals surface area contributed by atoms with Crippen LogP contribution in [0.4, 0.5) is 5.69 Å². The Morgan fingerprint density at radius 3 is 2.80 bits per heavy atom. The zero-order chi connectivity index (χ0) is 17.8. The molecule has 0 bridgehead atoms. The molecule has 1 saturated heterocycles. The van der Waals surface area contributed by atoms with Crippen LogP contribution in [0, 0.1) is 6.92 Å². The SMILES string of the molecule is Cc1cccc(NC(=O)C2CSCN2C(=O)Cc2cccc(Br)c2)c1. The molecule has 0 aromatic heterocycles. The maximum atomic E-state index is 12.7. The minimum atomic E-state index is -0.426. The number of anilines is 1. The molecule has 1 unspecified atom stereocenters. The highest BCUT2D eigenvalue weighted by Crippen LogP contribution is 2.24. The second-order valence-electron chi connectivity index (χ2n) is 6.04. The fourth-order valence-corrected chi connectivity index (χ4v) is 4.40. The van der Waals surface area contributed by atoms with E-state index in [0.717, 1.165) is 21.3 Å². The van der Waals surface area contributed by atoms with Gasteiger partial charge in [0.05, 0.1) is 12.3 Å². The van der Waals surface area contributed by atoms with Crippen molar-refractivity contribution >= 4 is 45.2 Å². The van der Waals surface area contributed by atoms with Crippen molar-refractivity contribution in [1.82, 2.24) is 4.90 Å². The quantitative estimate of drug-likeness (QED) is 0.820. The lowest BCUT2D eigenvalue weighted by Gasteiger charge is -2.23. The summed E-state index contributed by atoms with van der Waals surface area (Å²) in [6, 6.07) is 14.9. The maximum Gasteiger partial charge on any atom is 0.248 e. The summed E-state index contributed by atoms with van der Waals surface area (Å²) >= 11 is 5.03. The molecule has 1 heterocycles. The first-order chi connectivity index (χ1) is 12.0. The molecular formula is C19H19BrN2O2S. The lowest BCUT2D eigenvalue weighted by molar-refractivity contribution is -0.135. The van der Waals surface area contributed by atoms with Gasteiger partial charge in [0.2, 0.25) is 11.8 Å². The number of aryl methyl sites for hydroxylation is 1. The third-order valence-corrected chi connectivity index (χ3v) is 5.54. The van der Waals surface area contributed by atoms with Crippen LogP contribution < -0.4 is 5.32 Å². The highest BCUT2D eigenvalue weighted by atomic mass is 79.9. The van der Waals surface area contributed by atoms with E-state index < -0.39 is 6.04 Å². The second kappa shape index (κ2) is 8.06. The van der Waals surface area contributed by atoms with Crippen LogP contribution >= 0.6 is 27.7 Å². The molecule has 3 rings (SSSR count). The van der Waals surface area contributed by atoms with E-state index in [0.29, 0.717) is 18.1 Å². The van der Waals surface area contributed by atoms with E-state index in [2.05, 4.69) is 21.2 Å². The molecule has 2 aromatic rings. The molecule has 0 aliphatic carbocycles. The minimum absolute atomic E-state index is 0.0208. The molecule has 0 saturated carbocycles. The first-order valence-corrected chi connectivity index (χ1v) is 9.97. The number of hydrogen-bond donors (Lipinski definition) is 1. The fourth-order valence-electron chi connectivity index (χ4n) is 2.78. The van der Waals surface area contributed by atoms with Crippen LogP contribution in [0.2, 0.25) is 0 Å². The highest BCUT2D eigenvalue weighted by Gasteiger charge is 2.34. The number of benzene rings is 2. The molecule has 6 heteroatoms. The van der Waals surface area contributed by atoms with Crippen molar-refractivity contribution < 1.29 is 9.59 Å². The molecule has 130 valence electrons. The first kappa shape index (κ1) is 18.0. The summed E-state index contributed by atoms with van der Waals surface area (Å²) in [7, 11) is 0. The molecule has 1 aliphatic heterocycles. The number of amides is 2. The summed E-state index contributed by atoms with van der Waals surface area (Å²) in [5.41, 5.74) is 2.79. The van der Waals surface area contributed by atoms with Crippen molar-refractivity contribution in [3.63, 3.8) is 0 Å². The largest absolute Gasteiger partial charge is 0.324 e.